The van der Waals surface area contributed by atoms with Gasteiger partial charge in [-0.05, 0) is 40.6 Å². The van der Waals surface area contributed by atoms with Crippen molar-refractivity contribution in [2.75, 3.05) is 0 Å². The third-order valence-corrected chi connectivity index (χ3v) is 5.45. The fraction of sp³-hybridized carbons (Fsp3) is 0.0870. The first-order valence-corrected chi connectivity index (χ1v) is 11.0. The molecule has 7 nitrogen and oxygen atoms in total. The van der Waals surface area contributed by atoms with Gasteiger partial charge in [-0.1, -0.05) is 66.4 Å². The summed E-state index contributed by atoms with van der Waals surface area (Å²) < 4.78 is 22.7. The molecule has 0 amide bonds. The summed E-state index contributed by atoms with van der Waals surface area (Å²) in [5.74, 6) is 6.85. The predicted octanol–water partition coefficient (Wildman–Crippen LogP) is 2.63. The van der Waals surface area contributed by atoms with Crippen LogP contribution in [0.15, 0.2) is 83.8 Å². The molecule has 1 aromatic heterocycles. The van der Waals surface area contributed by atoms with Crippen molar-refractivity contribution < 1.29 is 8.42 Å². The van der Waals surface area contributed by atoms with E-state index < -0.39 is 10.0 Å². The molecule has 154 valence electrons. The maximum absolute atomic E-state index is 11.4. The molecular weight excluding hydrogens is 410 g/mol. The summed E-state index contributed by atoms with van der Waals surface area (Å²) in [5.41, 5.74) is 3.70. The Morgan fingerprint density at radius 2 is 1.68 bits per heavy atom. The molecule has 4 rings (SSSR count). The van der Waals surface area contributed by atoms with E-state index in [-0.39, 0.29) is 4.90 Å². The number of hydrogen-bond acceptors (Lipinski definition) is 5. The molecule has 0 aliphatic rings. The molecule has 0 aliphatic carbocycles. The van der Waals surface area contributed by atoms with Crippen molar-refractivity contribution in [3.63, 3.8) is 0 Å². The van der Waals surface area contributed by atoms with E-state index in [2.05, 4.69) is 39.4 Å². The molecule has 0 saturated heterocycles. The van der Waals surface area contributed by atoms with Crippen LogP contribution in [0.25, 0.3) is 11.4 Å². The first-order chi connectivity index (χ1) is 15.0. The number of benzene rings is 3. The lowest BCUT2D eigenvalue weighted by molar-refractivity contribution is 0.572. The van der Waals surface area contributed by atoms with Crippen LogP contribution in [0, 0.1) is 11.8 Å². The molecule has 0 atom stereocenters. The highest BCUT2D eigenvalue weighted by molar-refractivity contribution is 7.89. The normalized spacial score (nSPS) is 11.0. The molecule has 0 fully saturated rings. The number of primary sulfonamides is 1. The molecule has 0 unspecified atom stereocenters. The van der Waals surface area contributed by atoms with Gasteiger partial charge >= 0.3 is 0 Å². The fourth-order valence-electron chi connectivity index (χ4n) is 2.95. The molecule has 4 aromatic rings. The third kappa shape index (κ3) is 5.42. The summed E-state index contributed by atoms with van der Waals surface area (Å²) >= 11 is 0. The SMILES string of the molecule is NS(=O)(=O)c1ccc(Cn2nnc(-c3cccc(C#CCc4ccccc4)c3)n2)cc1. The largest absolute Gasteiger partial charge is 0.238 e. The zero-order chi connectivity index (χ0) is 21.7. The summed E-state index contributed by atoms with van der Waals surface area (Å²) in [7, 11) is -3.71. The van der Waals surface area contributed by atoms with Crippen molar-refractivity contribution in [1.29, 1.82) is 0 Å². The summed E-state index contributed by atoms with van der Waals surface area (Å²) in [6.07, 6.45) is 0.684. The highest BCUT2D eigenvalue weighted by atomic mass is 32.2. The Kier molecular flexibility index (Phi) is 5.89. The molecule has 0 radical (unpaired) electrons. The Labute approximate surface area is 180 Å². The van der Waals surface area contributed by atoms with Crippen molar-refractivity contribution in [3.05, 3.63) is 95.6 Å². The smallest absolute Gasteiger partial charge is 0.225 e. The van der Waals surface area contributed by atoms with Crippen LogP contribution < -0.4 is 5.14 Å². The molecule has 0 saturated carbocycles. The highest BCUT2D eigenvalue weighted by Crippen LogP contribution is 2.16. The van der Waals surface area contributed by atoms with Crippen LogP contribution in [0.1, 0.15) is 16.7 Å². The van der Waals surface area contributed by atoms with E-state index in [1.807, 2.05) is 42.5 Å². The average molecular weight is 430 g/mol. The van der Waals surface area contributed by atoms with Crippen LogP contribution in [-0.4, -0.2) is 28.6 Å². The lowest BCUT2D eigenvalue weighted by Crippen LogP contribution is -2.12. The molecule has 3 aromatic carbocycles. The van der Waals surface area contributed by atoms with Gasteiger partial charge in [0.2, 0.25) is 15.8 Å². The number of nitrogens with zero attached hydrogens (tertiary/aromatic N) is 4. The number of nitrogens with two attached hydrogens (primary N) is 1. The van der Waals surface area contributed by atoms with Gasteiger partial charge in [0.15, 0.2) is 0 Å². The second-order valence-corrected chi connectivity index (χ2v) is 8.44. The number of rotatable bonds is 5. The Bertz CT molecular complexity index is 1350. The minimum Gasteiger partial charge on any atom is -0.225 e. The van der Waals surface area contributed by atoms with Gasteiger partial charge in [0.25, 0.3) is 0 Å². The Hall–Kier alpha value is -3.80. The predicted molar refractivity (Wildman–Crippen MR) is 117 cm³/mol. The summed E-state index contributed by atoms with van der Waals surface area (Å²) in [6.45, 7) is 0.356. The van der Waals surface area contributed by atoms with E-state index in [0.29, 0.717) is 18.8 Å². The van der Waals surface area contributed by atoms with Gasteiger partial charge in [-0.25, -0.2) is 13.6 Å². The second kappa shape index (κ2) is 8.92. The molecule has 31 heavy (non-hydrogen) atoms. The van der Waals surface area contributed by atoms with Gasteiger partial charge in [-0.2, -0.15) is 4.80 Å². The monoisotopic (exact) mass is 429 g/mol. The van der Waals surface area contributed by atoms with Crippen LogP contribution in [-0.2, 0) is 23.0 Å². The minimum atomic E-state index is -3.71. The van der Waals surface area contributed by atoms with Crippen LogP contribution >= 0.6 is 0 Å². The van der Waals surface area contributed by atoms with Gasteiger partial charge in [-0.3, -0.25) is 0 Å². The molecular formula is C23H19N5O2S. The lowest BCUT2D eigenvalue weighted by atomic mass is 10.1. The lowest BCUT2D eigenvalue weighted by Gasteiger charge is -2.02. The average Bonchev–Trinajstić information content (AvgIpc) is 3.23. The maximum Gasteiger partial charge on any atom is 0.238 e. The number of hydrogen-bond donors (Lipinski definition) is 1. The van der Waals surface area contributed by atoms with Gasteiger partial charge in [0.05, 0.1) is 11.4 Å². The Morgan fingerprint density at radius 3 is 2.42 bits per heavy atom. The molecule has 8 heteroatoms. The molecule has 0 aliphatic heterocycles. The summed E-state index contributed by atoms with van der Waals surface area (Å²) in [4.78, 5) is 1.52. The topological polar surface area (TPSA) is 104 Å². The maximum atomic E-state index is 11.4. The molecule has 0 spiro atoms. The van der Waals surface area contributed by atoms with E-state index in [1.165, 1.54) is 22.5 Å². The van der Waals surface area contributed by atoms with Gasteiger partial charge in [0, 0.05) is 17.5 Å². The highest BCUT2D eigenvalue weighted by Gasteiger charge is 2.09. The van der Waals surface area contributed by atoms with E-state index in [4.69, 9.17) is 5.14 Å². The molecule has 1 heterocycles. The van der Waals surface area contributed by atoms with Crippen molar-refractivity contribution in [2.45, 2.75) is 17.9 Å². The minimum absolute atomic E-state index is 0.0636. The van der Waals surface area contributed by atoms with E-state index in [1.54, 1.807) is 12.1 Å². The summed E-state index contributed by atoms with van der Waals surface area (Å²) in [6, 6.07) is 24.0. The Morgan fingerprint density at radius 1 is 0.903 bits per heavy atom. The summed E-state index contributed by atoms with van der Waals surface area (Å²) in [5, 5.41) is 17.8. The van der Waals surface area contributed by atoms with Gasteiger partial charge < -0.3 is 0 Å². The van der Waals surface area contributed by atoms with Gasteiger partial charge in [0.1, 0.15) is 0 Å². The molecule has 0 bridgehead atoms. The fourth-order valence-corrected chi connectivity index (χ4v) is 3.47. The van der Waals surface area contributed by atoms with Crippen LogP contribution in [0.3, 0.4) is 0 Å². The van der Waals surface area contributed by atoms with Crippen molar-refractivity contribution in [2.24, 2.45) is 5.14 Å². The third-order valence-electron chi connectivity index (χ3n) is 4.52. The first kappa shape index (κ1) is 20.5. The quantitative estimate of drug-likeness (QED) is 0.491. The number of tetrazole rings is 1. The van der Waals surface area contributed by atoms with Crippen LogP contribution in [0.4, 0.5) is 0 Å². The van der Waals surface area contributed by atoms with Crippen molar-refractivity contribution in [1.82, 2.24) is 20.2 Å². The second-order valence-electron chi connectivity index (χ2n) is 6.88. The van der Waals surface area contributed by atoms with Gasteiger partial charge in [-0.15, -0.1) is 10.2 Å². The van der Waals surface area contributed by atoms with Crippen molar-refractivity contribution >= 4 is 10.0 Å². The van der Waals surface area contributed by atoms with E-state index in [9.17, 15) is 8.42 Å². The van der Waals surface area contributed by atoms with E-state index in [0.717, 1.165) is 16.7 Å². The standard InChI is InChI=1S/C23H19N5O2S/c24-31(29,30)22-14-12-20(13-15-22)17-28-26-23(25-27-28)21-11-5-10-19(16-21)9-4-8-18-6-2-1-3-7-18/h1-3,5-7,10-16H,8,17H2,(H2,24,29,30). The van der Waals surface area contributed by atoms with E-state index >= 15 is 0 Å². The molecule has 2 N–H and O–H groups in total. The number of aromatic nitrogens is 4. The Balaban J connectivity index is 1.46. The zero-order valence-electron chi connectivity index (χ0n) is 16.5. The first-order valence-electron chi connectivity index (χ1n) is 9.50. The zero-order valence-corrected chi connectivity index (χ0v) is 17.3. The van der Waals surface area contributed by atoms with Crippen LogP contribution in [0.5, 0.6) is 0 Å². The van der Waals surface area contributed by atoms with Crippen LogP contribution in [0.2, 0.25) is 0 Å². The van der Waals surface area contributed by atoms with Crippen molar-refractivity contribution in [3.8, 4) is 23.2 Å². The number of sulfonamides is 1.